The number of piperidine rings is 1. The third-order valence-electron chi connectivity index (χ3n) is 5.11. The summed E-state index contributed by atoms with van der Waals surface area (Å²) in [5.74, 6) is 2.19. The molecule has 1 saturated carbocycles. The van der Waals surface area contributed by atoms with E-state index < -0.39 is 0 Å². The summed E-state index contributed by atoms with van der Waals surface area (Å²) >= 11 is 0. The minimum absolute atomic E-state index is 0.0163. The molecule has 0 amide bonds. The van der Waals surface area contributed by atoms with Crippen LogP contribution in [0.3, 0.4) is 0 Å². The third kappa shape index (κ3) is 4.29. The first-order valence-corrected chi connectivity index (χ1v) is 9.42. The Labute approximate surface area is 144 Å². The number of ether oxygens (including phenoxy) is 2. The molecule has 2 unspecified atom stereocenters. The van der Waals surface area contributed by atoms with Crippen LogP contribution in [0.1, 0.15) is 63.4 Å². The van der Waals surface area contributed by atoms with Crippen LogP contribution in [0.2, 0.25) is 0 Å². The van der Waals surface area contributed by atoms with Gasteiger partial charge in [-0.1, -0.05) is 13.0 Å². The third-order valence-corrected chi connectivity index (χ3v) is 5.11. The van der Waals surface area contributed by atoms with E-state index in [1.807, 2.05) is 0 Å². The Morgan fingerprint density at radius 1 is 1.17 bits per heavy atom. The first kappa shape index (κ1) is 17.3. The molecule has 1 heterocycles. The molecule has 1 aromatic rings. The van der Waals surface area contributed by atoms with E-state index >= 15 is 0 Å². The smallest absolute Gasteiger partial charge is 0.161 e. The number of aldehydes is 1. The standard InChI is InChI=1S/C20H29NO3/c1-2-11-23-19-10-8-15(16-7-9-17(14-22)21-13-16)12-20(19)24-18-5-3-4-6-18/h8,10,12,14,16-18,21H,2-7,9,11,13H2,1H3. The summed E-state index contributed by atoms with van der Waals surface area (Å²) < 4.78 is 12.2. The Hall–Kier alpha value is -1.55. The Balaban J connectivity index is 1.73. The number of hydrogen-bond donors (Lipinski definition) is 1. The van der Waals surface area contributed by atoms with Gasteiger partial charge in [-0.15, -0.1) is 0 Å². The van der Waals surface area contributed by atoms with Crippen LogP contribution in [-0.4, -0.2) is 31.6 Å². The van der Waals surface area contributed by atoms with Crippen molar-refractivity contribution in [3.8, 4) is 11.5 Å². The molecule has 0 aromatic heterocycles. The van der Waals surface area contributed by atoms with Crippen molar-refractivity contribution in [1.29, 1.82) is 0 Å². The summed E-state index contributed by atoms with van der Waals surface area (Å²) in [6.07, 6.45) is 9.08. The van der Waals surface area contributed by atoms with Gasteiger partial charge in [-0.05, 0) is 68.6 Å². The zero-order valence-electron chi connectivity index (χ0n) is 14.6. The van der Waals surface area contributed by atoms with E-state index in [1.54, 1.807) is 0 Å². The lowest BCUT2D eigenvalue weighted by atomic mass is 9.89. The molecule has 3 rings (SSSR count). The summed E-state index contributed by atoms with van der Waals surface area (Å²) in [7, 11) is 0. The molecule has 4 heteroatoms. The normalized spacial score (nSPS) is 24.7. The zero-order valence-corrected chi connectivity index (χ0v) is 14.6. The van der Waals surface area contributed by atoms with Crippen LogP contribution < -0.4 is 14.8 Å². The lowest BCUT2D eigenvalue weighted by Crippen LogP contribution is -2.38. The summed E-state index contributed by atoms with van der Waals surface area (Å²) in [4.78, 5) is 10.9. The maximum Gasteiger partial charge on any atom is 0.161 e. The Morgan fingerprint density at radius 2 is 2.00 bits per heavy atom. The highest BCUT2D eigenvalue weighted by Crippen LogP contribution is 2.36. The molecule has 1 aliphatic heterocycles. The zero-order chi connectivity index (χ0) is 16.8. The van der Waals surface area contributed by atoms with E-state index in [4.69, 9.17) is 9.47 Å². The largest absolute Gasteiger partial charge is 0.490 e. The molecular weight excluding hydrogens is 302 g/mol. The van der Waals surface area contributed by atoms with Crippen molar-refractivity contribution >= 4 is 6.29 Å². The van der Waals surface area contributed by atoms with Gasteiger partial charge in [0.1, 0.15) is 6.29 Å². The first-order valence-electron chi connectivity index (χ1n) is 9.42. The molecule has 2 fully saturated rings. The van der Waals surface area contributed by atoms with Crippen LogP contribution in [-0.2, 0) is 4.79 Å². The Morgan fingerprint density at radius 3 is 2.67 bits per heavy atom. The summed E-state index contributed by atoms with van der Waals surface area (Å²) in [6.45, 7) is 3.68. The molecular formula is C20H29NO3. The topological polar surface area (TPSA) is 47.6 Å². The quantitative estimate of drug-likeness (QED) is 0.771. The van der Waals surface area contributed by atoms with E-state index in [-0.39, 0.29) is 6.04 Å². The second kappa shape index (κ2) is 8.52. The van der Waals surface area contributed by atoms with Crippen molar-refractivity contribution in [2.24, 2.45) is 0 Å². The van der Waals surface area contributed by atoms with Gasteiger partial charge in [-0.2, -0.15) is 0 Å². The molecule has 1 aliphatic carbocycles. The van der Waals surface area contributed by atoms with Gasteiger partial charge in [-0.25, -0.2) is 0 Å². The fourth-order valence-corrected chi connectivity index (χ4v) is 3.67. The lowest BCUT2D eigenvalue weighted by molar-refractivity contribution is -0.110. The Kier molecular flexibility index (Phi) is 6.13. The van der Waals surface area contributed by atoms with E-state index in [9.17, 15) is 4.79 Å². The average Bonchev–Trinajstić information content (AvgIpc) is 3.14. The summed E-state index contributed by atoms with van der Waals surface area (Å²) in [6, 6.07) is 6.39. The first-order chi connectivity index (χ1) is 11.8. The summed E-state index contributed by atoms with van der Waals surface area (Å²) in [5, 5.41) is 3.32. The Bertz CT molecular complexity index is 532. The highest BCUT2D eigenvalue weighted by molar-refractivity contribution is 5.57. The van der Waals surface area contributed by atoms with Crippen LogP contribution in [0.25, 0.3) is 0 Å². The van der Waals surface area contributed by atoms with Gasteiger partial charge < -0.3 is 19.6 Å². The fourth-order valence-electron chi connectivity index (χ4n) is 3.67. The highest BCUT2D eigenvalue weighted by Gasteiger charge is 2.24. The van der Waals surface area contributed by atoms with Crippen LogP contribution in [0.5, 0.6) is 11.5 Å². The molecule has 0 spiro atoms. The van der Waals surface area contributed by atoms with Crippen molar-refractivity contribution in [2.45, 2.75) is 69.9 Å². The van der Waals surface area contributed by atoms with E-state index in [0.717, 1.165) is 56.4 Å². The highest BCUT2D eigenvalue weighted by atomic mass is 16.5. The number of nitrogens with one attached hydrogen (secondary N) is 1. The fraction of sp³-hybridized carbons (Fsp3) is 0.650. The predicted octanol–water partition coefficient (Wildman–Crippen LogP) is 3.83. The monoisotopic (exact) mass is 331 g/mol. The van der Waals surface area contributed by atoms with Gasteiger partial charge in [0.05, 0.1) is 18.8 Å². The van der Waals surface area contributed by atoms with Crippen molar-refractivity contribution in [1.82, 2.24) is 5.32 Å². The van der Waals surface area contributed by atoms with Crippen LogP contribution in [0.4, 0.5) is 0 Å². The van der Waals surface area contributed by atoms with Gasteiger partial charge in [-0.3, -0.25) is 0 Å². The molecule has 0 radical (unpaired) electrons. The number of carbonyl (C=O) groups excluding carboxylic acids is 1. The number of carbonyl (C=O) groups is 1. The second-order valence-corrected chi connectivity index (χ2v) is 7.00. The molecule has 1 N–H and O–H groups in total. The maximum atomic E-state index is 10.9. The molecule has 0 bridgehead atoms. The van der Waals surface area contributed by atoms with Gasteiger partial charge in [0.15, 0.2) is 11.5 Å². The number of rotatable bonds is 7. The van der Waals surface area contributed by atoms with Gasteiger partial charge in [0, 0.05) is 6.54 Å². The van der Waals surface area contributed by atoms with Crippen molar-refractivity contribution in [3.63, 3.8) is 0 Å². The van der Waals surface area contributed by atoms with Crippen molar-refractivity contribution in [3.05, 3.63) is 23.8 Å². The van der Waals surface area contributed by atoms with Gasteiger partial charge >= 0.3 is 0 Å². The number of benzene rings is 1. The van der Waals surface area contributed by atoms with E-state index in [0.29, 0.717) is 18.6 Å². The van der Waals surface area contributed by atoms with Crippen molar-refractivity contribution in [2.75, 3.05) is 13.2 Å². The number of hydrogen-bond acceptors (Lipinski definition) is 4. The minimum atomic E-state index is 0.0163. The van der Waals surface area contributed by atoms with Crippen molar-refractivity contribution < 1.29 is 14.3 Å². The SMILES string of the molecule is CCCOc1ccc(C2CCC(C=O)NC2)cc1OC1CCCC1. The lowest BCUT2D eigenvalue weighted by Gasteiger charge is -2.28. The molecule has 24 heavy (non-hydrogen) atoms. The van der Waals surface area contributed by atoms with Gasteiger partial charge in [0.25, 0.3) is 0 Å². The minimum Gasteiger partial charge on any atom is -0.490 e. The van der Waals surface area contributed by atoms with Gasteiger partial charge in [0.2, 0.25) is 0 Å². The van der Waals surface area contributed by atoms with Crippen LogP contribution in [0.15, 0.2) is 18.2 Å². The molecule has 2 atom stereocenters. The predicted molar refractivity (Wildman–Crippen MR) is 94.9 cm³/mol. The van der Waals surface area contributed by atoms with Crippen LogP contribution >= 0.6 is 0 Å². The average molecular weight is 331 g/mol. The molecule has 1 saturated heterocycles. The molecule has 1 aromatic carbocycles. The molecule has 132 valence electrons. The maximum absolute atomic E-state index is 10.9. The van der Waals surface area contributed by atoms with Crippen LogP contribution in [0, 0.1) is 0 Å². The second-order valence-electron chi connectivity index (χ2n) is 7.00. The van der Waals surface area contributed by atoms with E-state index in [1.165, 1.54) is 18.4 Å². The molecule has 4 nitrogen and oxygen atoms in total. The molecule has 2 aliphatic rings. The van der Waals surface area contributed by atoms with E-state index in [2.05, 4.69) is 30.4 Å². The summed E-state index contributed by atoms with van der Waals surface area (Å²) in [5.41, 5.74) is 1.28.